The van der Waals surface area contributed by atoms with Crippen LogP contribution in [0.3, 0.4) is 0 Å². The summed E-state index contributed by atoms with van der Waals surface area (Å²) in [7, 11) is 1.49. The van der Waals surface area contributed by atoms with Crippen molar-refractivity contribution in [2.75, 3.05) is 7.11 Å². The zero-order chi connectivity index (χ0) is 19.8. The van der Waals surface area contributed by atoms with E-state index in [0.717, 1.165) is 16.7 Å². The molecule has 1 aliphatic rings. The molecule has 0 unspecified atom stereocenters. The van der Waals surface area contributed by atoms with Gasteiger partial charge in [0.25, 0.3) is 0 Å². The molecule has 4 rings (SSSR count). The maximum Gasteiger partial charge on any atom is 0.201 e. The van der Waals surface area contributed by atoms with Crippen molar-refractivity contribution in [2.24, 2.45) is 0 Å². The van der Waals surface area contributed by atoms with Gasteiger partial charge in [-0.25, -0.2) is 0 Å². The molecule has 142 valence electrons. The Morgan fingerprint density at radius 2 is 1.68 bits per heavy atom. The van der Waals surface area contributed by atoms with E-state index in [1.807, 2.05) is 24.3 Å². The van der Waals surface area contributed by atoms with Gasteiger partial charge in [0, 0.05) is 0 Å². The van der Waals surface area contributed by atoms with Crippen LogP contribution in [-0.4, -0.2) is 28.2 Å². The van der Waals surface area contributed by atoms with Gasteiger partial charge in [0.15, 0.2) is 11.5 Å². The number of aromatic hydroxyl groups is 3. The van der Waals surface area contributed by atoms with Gasteiger partial charge in [-0.3, -0.25) is 4.79 Å². The first-order valence-corrected chi connectivity index (χ1v) is 9.04. The van der Waals surface area contributed by atoms with Gasteiger partial charge in [0.2, 0.25) is 5.78 Å². The Morgan fingerprint density at radius 3 is 2.43 bits per heavy atom. The zero-order valence-electron chi connectivity index (χ0n) is 15.4. The molecule has 0 spiro atoms. The smallest absolute Gasteiger partial charge is 0.201 e. The minimum atomic E-state index is -0.351. The fourth-order valence-electron chi connectivity index (χ4n) is 3.77. The van der Waals surface area contributed by atoms with Crippen LogP contribution in [0.4, 0.5) is 0 Å². The lowest BCUT2D eigenvalue weighted by Gasteiger charge is -2.21. The summed E-state index contributed by atoms with van der Waals surface area (Å²) in [5.74, 6) is 0.0259. The highest BCUT2D eigenvalue weighted by atomic mass is 16.5. The summed E-state index contributed by atoms with van der Waals surface area (Å²) >= 11 is 0. The summed E-state index contributed by atoms with van der Waals surface area (Å²) in [6, 6.07) is 13.9. The summed E-state index contributed by atoms with van der Waals surface area (Å²) in [5.41, 5.74) is 3.60. The number of carbonyl (C=O) groups is 1. The highest BCUT2D eigenvalue weighted by Crippen LogP contribution is 2.38. The highest BCUT2D eigenvalue weighted by molar-refractivity contribution is 6.15. The van der Waals surface area contributed by atoms with Crippen molar-refractivity contribution in [2.45, 2.75) is 19.3 Å². The molecular formula is C23H20O5. The predicted molar refractivity (Wildman–Crippen MR) is 105 cm³/mol. The number of hydrogen-bond donors (Lipinski definition) is 3. The van der Waals surface area contributed by atoms with Crippen molar-refractivity contribution < 1.29 is 24.9 Å². The average Bonchev–Trinajstić information content (AvgIpc) is 2.67. The van der Waals surface area contributed by atoms with Crippen molar-refractivity contribution in [3.05, 3.63) is 81.9 Å². The molecule has 0 radical (unpaired) electrons. The molecule has 0 atom stereocenters. The maximum absolute atomic E-state index is 12.9. The van der Waals surface area contributed by atoms with Crippen molar-refractivity contribution in [3.8, 4) is 23.0 Å². The van der Waals surface area contributed by atoms with Gasteiger partial charge in [-0.1, -0.05) is 30.3 Å². The molecule has 3 aromatic rings. The Hall–Kier alpha value is -3.47. The Morgan fingerprint density at radius 1 is 0.893 bits per heavy atom. The second-order valence-electron chi connectivity index (χ2n) is 6.93. The molecule has 0 fully saturated rings. The van der Waals surface area contributed by atoms with Crippen molar-refractivity contribution in [1.82, 2.24) is 0 Å². The van der Waals surface area contributed by atoms with E-state index in [2.05, 4.69) is 0 Å². The van der Waals surface area contributed by atoms with Crippen LogP contribution in [0.25, 0.3) is 0 Å². The Kier molecular flexibility index (Phi) is 4.43. The second kappa shape index (κ2) is 6.93. The van der Waals surface area contributed by atoms with Crippen molar-refractivity contribution in [3.63, 3.8) is 0 Å². The minimum absolute atomic E-state index is 0.0332. The molecule has 0 bridgehead atoms. The maximum atomic E-state index is 12.9. The van der Waals surface area contributed by atoms with E-state index in [1.54, 1.807) is 18.2 Å². The number of phenolic OH excluding ortho intramolecular Hbond substituents is 3. The summed E-state index contributed by atoms with van der Waals surface area (Å²) < 4.78 is 5.05. The first kappa shape index (κ1) is 17.9. The van der Waals surface area contributed by atoms with Crippen LogP contribution in [0.1, 0.15) is 38.2 Å². The normalized spacial score (nSPS) is 12.4. The number of hydrogen-bond acceptors (Lipinski definition) is 5. The number of aryl methyl sites for hydroxylation is 2. The van der Waals surface area contributed by atoms with Crippen LogP contribution in [0, 0.1) is 0 Å². The molecule has 0 aromatic heterocycles. The average molecular weight is 376 g/mol. The summed E-state index contributed by atoms with van der Waals surface area (Å²) in [6.07, 6.45) is 1.58. The summed E-state index contributed by atoms with van der Waals surface area (Å²) in [5, 5.41) is 30.8. The quantitative estimate of drug-likeness (QED) is 0.505. The first-order valence-electron chi connectivity index (χ1n) is 9.04. The fourth-order valence-corrected chi connectivity index (χ4v) is 3.77. The number of fused-ring (bicyclic) bond motifs is 2. The summed E-state index contributed by atoms with van der Waals surface area (Å²) in [6.45, 7) is 0. The molecule has 3 aromatic carbocycles. The van der Waals surface area contributed by atoms with Crippen LogP contribution in [0.2, 0.25) is 0 Å². The van der Waals surface area contributed by atoms with Crippen LogP contribution in [-0.2, 0) is 19.3 Å². The van der Waals surface area contributed by atoms with E-state index >= 15 is 0 Å². The standard InChI is InChI=1S/C23H20O5/c1-28-19-10-6-13(11-18(19)25)5-7-14-8-9-16-12-15-3-2-4-17(24)20(15)23(27)21(16)22(14)26/h2-4,6,8-11,24-26H,5,7,12H2,1H3. The van der Waals surface area contributed by atoms with E-state index < -0.39 is 0 Å². The van der Waals surface area contributed by atoms with E-state index in [4.69, 9.17) is 4.74 Å². The molecule has 3 N–H and O–H groups in total. The molecule has 1 aliphatic carbocycles. The molecule has 0 heterocycles. The second-order valence-corrected chi connectivity index (χ2v) is 6.93. The van der Waals surface area contributed by atoms with E-state index in [-0.39, 0.29) is 34.2 Å². The van der Waals surface area contributed by atoms with E-state index in [0.29, 0.717) is 30.6 Å². The monoisotopic (exact) mass is 376 g/mol. The first-order chi connectivity index (χ1) is 13.5. The molecule has 5 nitrogen and oxygen atoms in total. The predicted octanol–water partition coefficient (Wildman–Crippen LogP) is 3.73. The number of ketones is 1. The van der Waals surface area contributed by atoms with Crippen LogP contribution in [0.5, 0.6) is 23.0 Å². The van der Waals surface area contributed by atoms with Gasteiger partial charge in [0.05, 0.1) is 18.2 Å². The van der Waals surface area contributed by atoms with Gasteiger partial charge in [-0.2, -0.15) is 0 Å². The summed E-state index contributed by atoms with van der Waals surface area (Å²) in [4.78, 5) is 12.9. The van der Waals surface area contributed by atoms with E-state index in [9.17, 15) is 20.1 Å². The van der Waals surface area contributed by atoms with E-state index in [1.165, 1.54) is 13.2 Å². The minimum Gasteiger partial charge on any atom is -0.507 e. The number of rotatable bonds is 4. The van der Waals surface area contributed by atoms with Gasteiger partial charge in [-0.15, -0.1) is 0 Å². The van der Waals surface area contributed by atoms with Crippen molar-refractivity contribution in [1.29, 1.82) is 0 Å². The lowest BCUT2D eigenvalue weighted by atomic mass is 9.82. The van der Waals surface area contributed by atoms with Gasteiger partial charge in [0.1, 0.15) is 11.5 Å². The highest BCUT2D eigenvalue weighted by Gasteiger charge is 2.29. The molecule has 0 saturated carbocycles. The number of methoxy groups -OCH3 is 1. The third kappa shape index (κ3) is 2.95. The number of carbonyl (C=O) groups excluding carboxylic acids is 1. The lowest BCUT2D eigenvalue weighted by molar-refractivity contribution is 0.102. The van der Waals surface area contributed by atoms with Crippen LogP contribution >= 0.6 is 0 Å². The number of benzene rings is 3. The van der Waals surface area contributed by atoms with Gasteiger partial charge < -0.3 is 20.1 Å². The fraction of sp³-hybridized carbons (Fsp3) is 0.174. The van der Waals surface area contributed by atoms with Crippen LogP contribution < -0.4 is 4.74 Å². The Balaban J connectivity index is 1.63. The molecule has 0 amide bonds. The number of phenols is 3. The largest absolute Gasteiger partial charge is 0.507 e. The van der Waals surface area contributed by atoms with Crippen molar-refractivity contribution >= 4 is 5.78 Å². The lowest BCUT2D eigenvalue weighted by Crippen LogP contribution is -2.16. The number of ether oxygens (including phenoxy) is 1. The third-order valence-electron chi connectivity index (χ3n) is 5.24. The van der Waals surface area contributed by atoms with Crippen LogP contribution in [0.15, 0.2) is 48.5 Å². The molecule has 0 aliphatic heterocycles. The van der Waals surface area contributed by atoms with Gasteiger partial charge >= 0.3 is 0 Å². The molecule has 28 heavy (non-hydrogen) atoms. The Bertz CT molecular complexity index is 1080. The third-order valence-corrected chi connectivity index (χ3v) is 5.24. The molecule has 0 saturated heterocycles. The van der Waals surface area contributed by atoms with Gasteiger partial charge in [-0.05, 0) is 59.7 Å². The molecule has 5 heteroatoms. The Labute approximate surface area is 162 Å². The molecular weight excluding hydrogens is 356 g/mol. The SMILES string of the molecule is COc1ccc(CCc2ccc3c(c2O)C(=O)c2c(O)cccc2C3)cc1O. The topological polar surface area (TPSA) is 87.0 Å². The zero-order valence-corrected chi connectivity index (χ0v) is 15.4.